The molecule has 0 aliphatic carbocycles. The van der Waals surface area contributed by atoms with Crippen LogP contribution in [0.5, 0.6) is 0 Å². The predicted molar refractivity (Wildman–Crippen MR) is 98.9 cm³/mol. The molecular weight excluding hydrogens is 312 g/mol. The Bertz CT molecular complexity index is 771. The number of hydrogen-bond acceptors (Lipinski definition) is 2. The zero-order valence-electron chi connectivity index (χ0n) is 15.3. The lowest BCUT2D eigenvalue weighted by Gasteiger charge is -2.30. The van der Waals surface area contributed by atoms with Gasteiger partial charge in [-0.05, 0) is 46.1 Å². The van der Waals surface area contributed by atoms with Crippen LogP contribution in [-0.4, -0.2) is 34.2 Å². The van der Waals surface area contributed by atoms with E-state index in [1.165, 1.54) is 6.42 Å². The predicted octanol–water partition coefficient (Wildman–Crippen LogP) is 3.91. The summed E-state index contributed by atoms with van der Waals surface area (Å²) in [5.41, 5.74) is 3.18. The zero-order valence-corrected chi connectivity index (χ0v) is 15.3. The highest BCUT2D eigenvalue weighted by Gasteiger charge is 2.27. The summed E-state index contributed by atoms with van der Waals surface area (Å²) in [6.45, 7) is 7.53. The minimum absolute atomic E-state index is 0.0116. The first kappa shape index (κ1) is 17.5. The topological polar surface area (TPSA) is 42.3 Å². The van der Waals surface area contributed by atoms with Gasteiger partial charge < -0.3 is 9.47 Å². The molecule has 0 bridgehead atoms. The SMILES string of the molecule is Cc1cc(C(=O)c2ccccc2)c(C)n1C(C)C(=O)N1CCCCC1. The van der Waals surface area contributed by atoms with Gasteiger partial charge in [0.1, 0.15) is 6.04 Å². The third-order valence-electron chi connectivity index (χ3n) is 5.18. The molecule has 2 aromatic rings. The van der Waals surface area contributed by atoms with Crippen LogP contribution < -0.4 is 0 Å². The molecule has 2 heterocycles. The quantitative estimate of drug-likeness (QED) is 0.793. The molecule has 0 spiro atoms. The highest BCUT2D eigenvalue weighted by atomic mass is 16.2. The molecule has 1 aliphatic heterocycles. The van der Waals surface area contributed by atoms with Gasteiger partial charge in [-0.2, -0.15) is 0 Å². The minimum Gasteiger partial charge on any atom is -0.341 e. The van der Waals surface area contributed by atoms with Gasteiger partial charge >= 0.3 is 0 Å². The summed E-state index contributed by atoms with van der Waals surface area (Å²) in [5.74, 6) is 0.165. The van der Waals surface area contributed by atoms with Crippen molar-refractivity contribution in [1.82, 2.24) is 9.47 Å². The summed E-state index contributed by atoms with van der Waals surface area (Å²) in [5, 5.41) is 0. The number of benzene rings is 1. The molecule has 25 heavy (non-hydrogen) atoms. The third kappa shape index (κ3) is 3.39. The van der Waals surface area contributed by atoms with Crippen LogP contribution in [0.1, 0.15) is 59.5 Å². The largest absolute Gasteiger partial charge is 0.341 e. The van der Waals surface area contributed by atoms with Crippen molar-refractivity contribution in [1.29, 1.82) is 0 Å². The second-order valence-electron chi connectivity index (χ2n) is 6.91. The molecule has 1 amide bonds. The van der Waals surface area contributed by atoms with Crippen molar-refractivity contribution in [3.8, 4) is 0 Å². The molecule has 3 rings (SSSR count). The van der Waals surface area contributed by atoms with Crippen molar-refractivity contribution in [2.24, 2.45) is 0 Å². The van der Waals surface area contributed by atoms with Crippen LogP contribution in [0.2, 0.25) is 0 Å². The molecule has 1 saturated heterocycles. The van der Waals surface area contributed by atoms with Crippen LogP contribution in [0.4, 0.5) is 0 Å². The molecule has 1 aromatic carbocycles. The molecule has 0 saturated carbocycles. The van der Waals surface area contributed by atoms with Gasteiger partial charge in [0, 0.05) is 35.6 Å². The Hall–Kier alpha value is -2.36. The van der Waals surface area contributed by atoms with Gasteiger partial charge in [-0.1, -0.05) is 30.3 Å². The van der Waals surface area contributed by atoms with E-state index in [0.29, 0.717) is 11.1 Å². The summed E-state index contributed by atoms with van der Waals surface area (Å²) in [6, 6.07) is 10.9. The number of amides is 1. The molecule has 4 heteroatoms. The van der Waals surface area contributed by atoms with E-state index in [0.717, 1.165) is 37.3 Å². The van der Waals surface area contributed by atoms with Crippen LogP contribution in [-0.2, 0) is 4.79 Å². The molecule has 0 radical (unpaired) electrons. The van der Waals surface area contributed by atoms with E-state index < -0.39 is 0 Å². The maximum absolute atomic E-state index is 12.9. The van der Waals surface area contributed by atoms with Gasteiger partial charge in [0.2, 0.25) is 5.91 Å². The van der Waals surface area contributed by atoms with Crippen LogP contribution in [0.25, 0.3) is 0 Å². The second kappa shape index (κ2) is 7.26. The molecule has 0 N–H and O–H groups in total. The monoisotopic (exact) mass is 338 g/mol. The number of nitrogens with zero attached hydrogens (tertiary/aromatic N) is 2. The maximum atomic E-state index is 12.9. The second-order valence-corrected chi connectivity index (χ2v) is 6.91. The summed E-state index contributed by atoms with van der Waals surface area (Å²) >= 11 is 0. The number of piperidine rings is 1. The van der Waals surface area contributed by atoms with Crippen LogP contribution >= 0.6 is 0 Å². The number of aryl methyl sites for hydroxylation is 1. The number of carbonyl (C=O) groups excluding carboxylic acids is 2. The maximum Gasteiger partial charge on any atom is 0.245 e. The number of likely N-dealkylation sites (tertiary alicyclic amines) is 1. The van der Waals surface area contributed by atoms with E-state index >= 15 is 0 Å². The summed E-state index contributed by atoms with van der Waals surface area (Å²) in [7, 11) is 0. The Morgan fingerprint density at radius 2 is 1.64 bits per heavy atom. The third-order valence-corrected chi connectivity index (χ3v) is 5.18. The number of aromatic nitrogens is 1. The Labute approximate surface area is 149 Å². The molecule has 1 atom stereocenters. The van der Waals surface area contributed by atoms with E-state index in [2.05, 4.69) is 0 Å². The van der Waals surface area contributed by atoms with Crippen molar-refractivity contribution in [2.75, 3.05) is 13.1 Å². The van der Waals surface area contributed by atoms with E-state index in [-0.39, 0.29) is 17.7 Å². The molecular formula is C21H26N2O2. The fourth-order valence-electron chi connectivity index (χ4n) is 3.84. The average Bonchev–Trinajstić information content (AvgIpc) is 2.95. The lowest BCUT2D eigenvalue weighted by molar-refractivity contribution is -0.135. The molecule has 1 unspecified atom stereocenters. The number of ketones is 1. The van der Waals surface area contributed by atoms with Crippen LogP contribution in [0, 0.1) is 13.8 Å². The van der Waals surface area contributed by atoms with E-state index in [4.69, 9.17) is 0 Å². The molecule has 1 aliphatic rings. The normalized spacial score (nSPS) is 15.9. The van der Waals surface area contributed by atoms with E-state index in [9.17, 15) is 9.59 Å². The minimum atomic E-state index is -0.282. The van der Waals surface area contributed by atoms with Crippen LogP contribution in [0.15, 0.2) is 36.4 Å². The van der Waals surface area contributed by atoms with Gasteiger partial charge in [0.15, 0.2) is 5.78 Å². The Kier molecular flexibility index (Phi) is 5.07. The first-order valence-electron chi connectivity index (χ1n) is 9.07. The summed E-state index contributed by atoms with van der Waals surface area (Å²) in [4.78, 5) is 27.7. The van der Waals surface area contributed by atoms with Gasteiger partial charge in [-0.15, -0.1) is 0 Å². The van der Waals surface area contributed by atoms with Crippen molar-refractivity contribution >= 4 is 11.7 Å². The number of carbonyl (C=O) groups is 2. The first-order chi connectivity index (χ1) is 12.0. The molecule has 1 aromatic heterocycles. The van der Waals surface area contributed by atoms with E-state index in [1.807, 2.05) is 66.6 Å². The fourth-order valence-corrected chi connectivity index (χ4v) is 3.84. The van der Waals surface area contributed by atoms with Gasteiger partial charge in [0.25, 0.3) is 0 Å². The van der Waals surface area contributed by atoms with E-state index in [1.54, 1.807) is 0 Å². The van der Waals surface area contributed by atoms with Crippen molar-refractivity contribution < 1.29 is 9.59 Å². The highest BCUT2D eigenvalue weighted by Crippen LogP contribution is 2.25. The fraction of sp³-hybridized carbons (Fsp3) is 0.429. The lowest BCUT2D eigenvalue weighted by atomic mass is 10.0. The van der Waals surface area contributed by atoms with Gasteiger partial charge in [0.05, 0.1) is 0 Å². The molecule has 1 fully saturated rings. The van der Waals surface area contributed by atoms with Gasteiger partial charge in [-0.25, -0.2) is 0 Å². The first-order valence-corrected chi connectivity index (χ1v) is 9.07. The van der Waals surface area contributed by atoms with Crippen molar-refractivity contribution in [2.45, 2.75) is 46.1 Å². The molecule has 132 valence electrons. The summed E-state index contributed by atoms with van der Waals surface area (Å²) < 4.78 is 2.01. The zero-order chi connectivity index (χ0) is 18.0. The number of hydrogen-bond donors (Lipinski definition) is 0. The summed E-state index contributed by atoms with van der Waals surface area (Å²) in [6.07, 6.45) is 3.37. The Morgan fingerprint density at radius 1 is 1.00 bits per heavy atom. The van der Waals surface area contributed by atoms with Crippen molar-refractivity contribution in [3.63, 3.8) is 0 Å². The van der Waals surface area contributed by atoms with Crippen LogP contribution in [0.3, 0.4) is 0 Å². The lowest BCUT2D eigenvalue weighted by Crippen LogP contribution is -2.40. The number of rotatable bonds is 4. The van der Waals surface area contributed by atoms with Crippen molar-refractivity contribution in [3.05, 3.63) is 58.9 Å². The molecule has 4 nitrogen and oxygen atoms in total. The average molecular weight is 338 g/mol. The smallest absolute Gasteiger partial charge is 0.245 e. The Balaban J connectivity index is 1.89. The Morgan fingerprint density at radius 3 is 2.28 bits per heavy atom. The van der Waals surface area contributed by atoms with Gasteiger partial charge in [-0.3, -0.25) is 9.59 Å². The standard InChI is InChI=1S/C21H26N2O2/c1-15-14-19(20(24)18-10-6-4-7-11-18)16(2)23(15)17(3)21(25)22-12-8-5-9-13-22/h4,6-7,10-11,14,17H,5,8-9,12-13H2,1-3H3. The highest BCUT2D eigenvalue weighted by molar-refractivity contribution is 6.10.